The zero-order chi connectivity index (χ0) is 14.1. The Morgan fingerprint density at radius 3 is 2.65 bits per heavy atom. The molecule has 3 heterocycles. The molecule has 0 bridgehead atoms. The van der Waals surface area contributed by atoms with Gasteiger partial charge in [0.25, 0.3) is 5.56 Å². The molecule has 2 aromatic rings. The molecule has 0 aromatic carbocycles. The van der Waals surface area contributed by atoms with E-state index in [1.54, 1.807) is 18.3 Å². The number of aromatic hydroxyl groups is 1. The summed E-state index contributed by atoms with van der Waals surface area (Å²) in [6.45, 7) is 1.08. The van der Waals surface area contributed by atoms with Gasteiger partial charge >= 0.3 is 0 Å². The van der Waals surface area contributed by atoms with Gasteiger partial charge in [-0.05, 0) is 18.2 Å². The van der Waals surface area contributed by atoms with Crippen molar-refractivity contribution in [3.63, 3.8) is 0 Å². The van der Waals surface area contributed by atoms with E-state index in [9.17, 15) is 14.7 Å². The number of aromatic nitrogens is 2. The monoisotopic (exact) mass is 271 g/mol. The average Bonchev–Trinajstić information content (AvgIpc) is 2.86. The number of pyridine rings is 2. The lowest BCUT2D eigenvalue weighted by atomic mass is 10.3. The molecule has 2 aromatic heterocycles. The second-order valence-electron chi connectivity index (χ2n) is 4.68. The predicted octanol–water partition coefficient (Wildman–Crippen LogP) is 0.717. The number of carbonyl (C=O) groups excluding carboxylic acids is 1. The number of hydrogen-bond donors (Lipinski definition) is 1. The van der Waals surface area contributed by atoms with E-state index in [-0.39, 0.29) is 17.1 Å². The minimum atomic E-state index is -0.323. The Labute approximate surface area is 114 Å². The van der Waals surface area contributed by atoms with E-state index >= 15 is 0 Å². The molecular weight excluding hydrogens is 258 g/mol. The fraction of sp³-hybridized carbons (Fsp3) is 0.214. The van der Waals surface area contributed by atoms with Crippen molar-refractivity contribution in [3.05, 3.63) is 47.0 Å². The number of hydrogen-bond acceptors (Lipinski definition) is 5. The van der Waals surface area contributed by atoms with E-state index in [1.807, 2.05) is 4.90 Å². The molecule has 0 atom stereocenters. The standard InChI is InChI=1S/C14H13N3O3/c18-11-4-6-17(14(20)7-11)10-1-2-13(15-8-10)16-5-3-12(19)9-16/h1-2,4,6-8,18H,3,5,9H2. The van der Waals surface area contributed by atoms with E-state index in [0.29, 0.717) is 25.2 Å². The van der Waals surface area contributed by atoms with Gasteiger partial charge in [0.2, 0.25) is 0 Å². The molecule has 0 unspecified atom stereocenters. The summed E-state index contributed by atoms with van der Waals surface area (Å²) >= 11 is 0. The predicted molar refractivity (Wildman–Crippen MR) is 73.3 cm³/mol. The van der Waals surface area contributed by atoms with Crippen LogP contribution in [-0.2, 0) is 4.79 Å². The second kappa shape index (κ2) is 4.80. The molecule has 1 saturated heterocycles. The normalized spacial score (nSPS) is 14.8. The molecule has 6 nitrogen and oxygen atoms in total. The molecule has 0 spiro atoms. The quantitative estimate of drug-likeness (QED) is 0.871. The fourth-order valence-electron chi connectivity index (χ4n) is 2.22. The van der Waals surface area contributed by atoms with Crippen LogP contribution in [0.4, 0.5) is 5.82 Å². The molecule has 1 N–H and O–H groups in total. The highest BCUT2D eigenvalue weighted by molar-refractivity contribution is 5.86. The SMILES string of the molecule is O=C1CCN(c2ccc(-n3ccc(O)cc3=O)cn2)C1. The summed E-state index contributed by atoms with van der Waals surface area (Å²) in [6.07, 6.45) is 3.63. The average molecular weight is 271 g/mol. The molecular formula is C14H13N3O3. The zero-order valence-corrected chi connectivity index (χ0v) is 10.7. The minimum Gasteiger partial charge on any atom is -0.508 e. The summed E-state index contributed by atoms with van der Waals surface area (Å²) in [4.78, 5) is 29.2. The van der Waals surface area contributed by atoms with Crippen molar-refractivity contribution in [1.29, 1.82) is 0 Å². The van der Waals surface area contributed by atoms with Gasteiger partial charge in [-0.3, -0.25) is 14.2 Å². The van der Waals surface area contributed by atoms with Gasteiger partial charge in [-0.25, -0.2) is 4.98 Å². The Bertz CT molecular complexity index is 706. The molecule has 0 aliphatic carbocycles. The number of ketones is 1. The maximum absolute atomic E-state index is 11.7. The maximum atomic E-state index is 11.7. The van der Waals surface area contributed by atoms with Gasteiger partial charge in [0.1, 0.15) is 11.6 Å². The molecule has 102 valence electrons. The summed E-state index contributed by atoms with van der Waals surface area (Å²) in [7, 11) is 0. The van der Waals surface area contributed by atoms with Gasteiger partial charge in [0.05, 0.1) is 18.4 Å². The maximum Gasteiger partial charge on any atom is 0.258 e. The molecule has 20 heavy (non-hydrogen) atoms. The third-order valence-corrected chi connectivity index (χ3v) is 3.27. The third-order valence-electron chi connectivity index (χ3n) is 3.27. The van der Waals surface area contributed by atoms with Crippen LogP contribution >= 0.6 is 0 Å². The number of anilines is 1. The third kappa shape index (κ3) is 2.27. The van der Waals surface area contributed by atoms with Gasteiger partial charge in [-0.15, -0.1) is 0 Å². The lowest BCUT2D eigenvalue weighted by molar-refractivity contribution is -0.116. The zero-order valence-electron chi connectivity index (χ0n) is 10.7. The first kappa shape index (κ1) is 12.4. The molecule has 0 saturated carbocycles. The number of rotatable bonds is 2. The van der Waals surface area contributed by atoms with Crippen LogP contribution in [0.25, 0.3) is 5.69 Å². The second-order valence-corrected chi connectivity index (χ2v) is 4.68. The van der Waals surface area contributed by atoms with Crippen LogP contribution in [0.2, 0.25) is 0 Å². The Hall–Kier alpha value is -2.63. The van der Waals surface area contributed by atoms with Crippen molar-refractivity contribution in [3.8, 4) is 11.4 Å². The van der Waals surface area contributed by atoms with Crippen LogP contribution in [0.15, 0.2) is 41.5 Å². The summed E-state index contributed by atoms with van der Waals surface area (Å²) < 4.78 is 1.39. The summed E-state index contributed by atoms with van der Waals surface area (Å²) in [5.74, 6) is 0.878. The summed E-state index contributed by atoms with van der Waals surface area (Å²) in [5.41, 5.74) is 0.292. The Balaban J connectivity index is 1.89. The van der Waals surface area contributed by atoms with E-state index in [1.165, 1.54) is 16.8 Å². The first-order chi connectivity index (χ1) is 9.63. The van der Waals surface area contributed by atoms with E-state index in [0.717, 1.165) is 11.9 Å². The Morgan fingerprint density at radius 1 is 1.20 bits per heavy atom. The van der Waals surface area contributed by atoms with Crippen molar-refractivity contribution in [2.24, 2.45) is 0 Å². The topological polar surface area (TPSA) is 75.4 Å². The molecule has 1 aliphatic heterocycles. The highest BCUT2D eigenvalue weighted by Crippen LogP contribution is 2.17. The van der Waals surface area contributed by atoms with Crippen LogP contribution < -0.4 is 10.5 Å². The van der Waals surface area contributed by atoms with Gasteiger partial charge in [-0.2, -0.15) is 0 Å². The van der Waals surface area contributed by atoms with Gasteiger partial charge in [0.15, 0.2) is 5.78 Å². The first-order valence-electron chi connectivity index (χ1n) is 6.28. The Morgan fingerprint density at radius 2 is 2.05 bits per heavy atom. The summed E-state index contributed by atoms with van der Waals surface area (Å²) in [5, 5.41) is 9.23. The van der Waals surface area contributed by atoms with Crippen molar-refractivity contribution in [2.45, 2.75) is 6.42 Å². The van der Waals surface area contributed by atoms with Crippen LogP contribution in [0.3, 0.4) is 0 Å². The smallest absolute Gasteiger partial charge is 0.258 e. The highest BCUT2D eigenvalue weighted by atomic mass is 16.3. The van der Waals surface area contributed by atoms with Crippen molar-refractivity contribution < 1.29 is 9.90 Å². The van der Waals surface area contributed by atoms with Crippen molar-refractivity contribution in [2.75, 3.05) is 18.0 Å². The number of carbonyl (C=O) groups is 1. The lowest BCUT2D eigenvalue weighted by Crippen LogP contribution is -2.21. The number of Topliss-reactive ketones (excluding diaryl/α,β-unsaturated/α-hetero) is 1. The summed E-state index contributed by atoms with van der Waals surface area (Å²) in [6, 6.07) is 6.14. The van der Waals surface area contributed by atoms with Crippen LogP contribution in [-0.4, -0.2) is 33.5 Å². The van der Waals surface area contributed by atoms with Crippen LogP contribution in [0.5, 0.6) is 5.75 Å². The van der Waals surface area contributed by atoms with Crippen molar-refractivity contribution >= 4 is 11.6 Å². The minimum absolute atomic E-state index is 0.0635. The van der Waals surface area contributed by atoms with E-state index in [2.05, 4.69) is 4.98 Å². The van der Waals surface area contributed by atoms with Gasteiger partial charge in [0, 0.05) is 25.2 Å². The Kier molecular flexibility index (Phi) is 2.98. The largest absolute Gasteiger partial charge is 0.508 e. The first-order valence-corrected chi connectivity index (χ1v) is 6.28. The van der Waals surface area contributed by atoms with Crippen LogP contribution in [0, 0.1) is 0 Å². The van der Waals surface area contributed by atoms with E-state index < -0.39 is 0 Å². The molecule has 3 rings (SSSR count). The van der Waals surface area contributed by atoms with Gasteiger partial charge < -0.3 is 10.0 Å². The fourth-order valence-corrected chi connectivity index (χ4v) is 2.22. The molecule has 6 heteroatoms. The van der Waals surface area contributed by atoms with Crippen LogP contribution in [0.1, 0.15) is 6.42 Å². The molecule has 0 radical (unpaired) electrons. The molecule has 0 amide bonds. The molecule has 1 aliphatic rings. The molecule has 1 fully saturated rings. The van der Waals surface area contributed by atoms with Crippen molar-refractivity contribution in [1.82, 2.24) is 9.55 Å². The lowest BCUT2D eigenvalue weighted by Gasteiger charge is -2.15. The number of nitrogens with zero attached hydrogens (tertiary/aromatic N) is 3. The van der Waals surface area contributed by atoms with Gasteiger partial charge in [-0.1, -0.05) is 0 Å². The highest BCUT2D eigenvalue weighted by Gasteiger charge is 2.20. The van der Waals surface area contributed by atoms with E-state index in [4.69, 9.17) is 0 Å².